The Bertz CT molecular complexity index is 977. The lowest BCUT2D eigenvalue weighted by molar-refractivity contribution is 0.00695. The van der Waals surface area contributed by atoms with E-state index in [2.05, 4.69) is 25.8 Å². The maximum atomic E-state index is 12.1. The molecule has 1 heterocycles. The second kappa shape index (κ2) is 8.71. The fraction of sp³-hybridized carbons (Fsp3) is 0.250. The summed E-state index contributed by atoms with van der Waals surface area (Å²) in [6.45, 7) is 6.02. The fourth-order valence-corrected chi connectivity index (χ4v) is 2.96. The molecule has 3 rings (SSSR count). The van der Waals surface area contributed by atoms with E-state index in [0.29, 0.717) is 39.7 Å². The summed E-state index contributed by atoms with van der Waals surface area (Å²) in [7, 11) is 0. The van der Waals surface area contributed by atoms with Crippen LogP contribution in [-0.2, 0) is 11.3 Å². The van der Waals surface area contributed by atoms with Crippen molar-refractivity contribution in [3.05, 3.63) is 63.6 Å². The van der Waals surface area contributed by atoms with E-state index in [4.69, 9.17) is 27.9 Å². The van der Waals surface area contributed by atoms with E-state index in [1.165, 1.54) is 0 Å². The molecule has 0 atom stereocenters. The molecule has 0 spiro atoms. The van der Waals surface area contributed by atoms with Crippen molar-refractivity contribution < 1.29 is 9.53 Å². The molecule has 3 aromatic rings. The number of nitrogens with one attached hydrogen (secondary N) is 3. The minimum absolute atomic E-state index is 0.343. The van der Waals surface area contributed by atoms with Gasteiger partial charge in [-0.2, -0.15) is 4.98 Å². The van der Waals surface area contributed by atoms with Crippen molar-refractivity contribution in [3.8, 4) is 0 Å². The number of hydrogen-bond acceptors (Lipinski definition) is 6. The van der Waals surface area contributed by atoms with Crippen LogP contribution in [0.1, 0.15) is 36.7 Å². The number of rotatable bonds is 6. The molecule has 7 nitrogen and oxygen atoms in total. The topological polar surface area (TPSA) is 91.9 Å². The van der Waals surface area contributed by atoms with Gasteiger partial charge in [-0.15, -0.1) is 5.10 Å². The van der Waals surface area contributed by atoms with E-state index in [0.717, 1.165) is 5.56 Å². The van der Waals surface area contributed by atoms with E-state index < -0.39 is 5.60 Å². The minimum atomic E-state index is -0.522. The van der Waals surface area contributed by atoms with E-state index in [-0.39, 0.29) is 5.97 Å². The first-order chi connectivity index (χ1) is 13.7. The highest BCUT2D eigenvalue weighted by atomic mass is 35.5. The molecule has 2 aromatic carbocycles. The molecule has 0 fully saturated rings. The monoisotopic (exact) mass is 433 g/mol. The van der Waals surface area contributed by atoms with Crippen molar-refractivity contribution in [1.29, 1.82) is 0 Å². The van der Waals surface area contributed by atoms with E-state index in [1.54, 1.807) is 30.3 Å². The van der Waals surface area contributed by atoms with Gasteiger partial charge < -0.3 is 15.4 Å². The average Bonchev–Trinajstić information content (AvgIpc) is 3.05. The van der Waals surface area contributed by atoms with Gasteiger partial charge in [0.15, 0.2) is 0 Å². The Labute approximate surface area is 178 Å². The number of ether oxygens (including phenoxy) is 1. The molecule has 0 amide bonds. The number of nitrogens with zero attached hydrogens (tertiary/aromatic N) is 2. The number of esters is 1. The molecule has 0 aliphatic heterocycles. The summed E-state index contributed by atoms with van der Waals surface area (Å²) in [5.74, 6) is 0.534. The first-order valence-corrected chi connectivity index (χ1v) is 9.65. The number of carbonyl (C=O) groups excluding carboxylic acids is 1. The van der Waals surface area contributed by atoms with Gasteiger partial charge in [0, 0.05) is 22.3 Å². The van der Waals surface area contributed by atoms with Gasteiger partial charge in [-0.3, -0.25) is 0 Å². The molecule has 0 radical (unpaired) electrons. The molecule has 152 valence electrons. The summed E-state index contributed by atoms with van der Waals surface area (Å²) >= 11 is 12.0. The van der Waals surface area contributed by atoms with Gasteiger partial charge in [0.2, 0.25) is 11.9 Å². The molecule has 0 saturated carbocycles. The predicted octanol–water partition coefficient (Wildman–Crippen LogP) is 5.42. The molecule has 29 heavy (non-hydrogen) atoms. The van der Waals surface area contributed by atoms with Gasteiger partial charge in [-0.25, -0.2) is 9.89 Å². The average molecular weight is 434 g/mol. The minimum Gasteiger partial charge on any atom is -0.456 e. The Morgan fingerprint density at radius 2 is 1.76 bits per heavy atom. The van der Waals surface area contributed by atoms with E-state index >= 15 is 0 Å². The largest absolute Gasteiger partial charge is 0.456 e. The highest BCUT2D eigenvalue weighted by Gasteiger charge is 2.17. The van der Waals surface area contributed by atoms with Crippen LogP contribution in [0.2, 0.25) is 10.0 Å². The van der Waals surface area contributed by atoms with Crippen molar-refractivity contribution in [2.45, 2.75) is 32.9 Å². The SMILES string of the molecule is CC(C)(C)OC(=O)c1ccc(CNc2nc(Nc3cc(Cl)cc(Cl)c3)n[nH]2)cc1. The van der Waals surface area contributed by atoms with Gasteiger partial charge in [-0.05, 0) is 56.7 Å². The third-order valence-corrected chi connectivity index (χ3v) is 4.09. The van der Waals surface area contributed by atoms with Crippen LogP contribution < -0.4 is 10.6 Å². The Kier molecular flexibility index (Phi) is 6.30. The van der Waals surface area contributed by atoms with Crippen LogP contribution in [0, 0.1) is 0 Å². The Hall–Kier alpha value is -2.77. The van der Waals surface area contributed by atoms with Gasteiger partial charge in [0.1, 0.15) is 5.60 Å². The van der Waals surface area contributed by atoms with Crippen molar-refractivity contribution in [2.24, 2.45) is 0 Å². The van der Waals surface area contributed by atoms with Crippen molar-refractivity contribution in [3.63, 3.8) is 0 Å². The molecule has 0 bridgehead atoms. The van der Waals surface area contributed by atoms with Crippen LogP contribution in [-0.4, -0.2) is 26.8 Å². The lowest BCUT2D eigenvalue weighted by Crippen LogP contribution is -2.23. The van der Waals surface area contributed by atoms with Gasteiger partial charge in [0.25, 0.3) is 0 Å². The number of halogens is 2. The first-order valence-electron chi connectivity index (χ1n) is 8.90. The second-order valence-electron chi connectivity index (χ2n) is 7.34. The number of benzene rings is 2. The number of anilines is 3. The molecule has 0 saturated heterocycles. The lowest BCUT2D eigenvalue weighted by atomic mass is 10.1. The van der Waals surface area contributed by atoms with Crippen LogP contribution >= 0.6 is 23.2 Å². The van der Waals surface area contributed by atoms with Crippen LogP contribution in [0.4, 0.5) is 17.6 Å². The summed E-state index contributed by atoms with van der Waals surface area (Å²) in [6, 6.07) is 12.3. The summed E-state index contributed by atoms with van der Waals surface area (Å²) in [6.07, 6.45) is 0. The molecular formula is C20H21Cl2N5O2. The quantitative estimate of drug-likeness (QED) is 0.449. The number of hydrogen-bond donors (Lipinski definition) is 3. The molecule has 0 aliphatic carbocycles. The molecule has 1 aromatic heterocycles. The number of aromatic amines is 1. The van der Waals surface area contributed by atoms with Crippen molar-refractivity contribution in [1.82, 2.24) is 15.2 Å². The van der Waals surface area contributed by atoms with Gasteiger partial charge >= 0.3 is 5.97 Å². The van der Waals surface area contributed by atoms with Gasteiger partial charge in [0.05, 0.1) is 5.56 Å². The smallest absolute Gasteiger partial charge is 0.338 e. The third-order valence-electron chi connectivity index (χ3n) is 3.65. The first kappa shape index (κ1) is 21.0. The van der Waals surface area contributed by atoms with Crippen LogP contribution in [0.25, 0.3) is 0 Å². The van der Waals surface area contributed by atoms with Crippen molar-refractivity contribution >= 4 is 46.8 Å². The Balaban J connectivity index is 1.56. The summed E-state index contributed by atoms with van der Waals surface area (Å²) in [5.41, 5.74) is 1.65. The van der Waals surface area contributed by atoms with Crippen molar-refractivity contribution in [2.75, 3.05) is 10.6 Å². The normalized spacial score (nSPS) is 11.2. The fourth-order valence-electron chi connectivity index (χ4n) is 2.43. The summed E-state index contributed by atoms with van der Waals surface area (Å²) in [4.78, 5) is 16.4. The molecule has 0 aliphatic rings. The number of aromatic nitrogens is 3. The predicted molar refractivity (Wildman–Crippen MR) is 115 cm³/mol. The van der Waals surface area contributed by atoms with E-state index in [9.17, 15) is 4.79 Å². The standard InChI is InChI=1S/C20H21Cl2N5O2/c1-20(2,3)29-17(28)13-6-4-12(5-7-13)11-23-18-25-19(27-26-18)24-16-9-14(21)8-15(22)10-16/h4-10H,11H2,1-3H3,(H3,23,24,25,26,27). The molecule has 0 unspecified atom stereocenters. The zero-order valence-electron chi connectivity index (χ0n) is 16.2. The van der Waals surface area contributed by atoms with Gasteiger partial charge in [-0.1, -0.05) is 35.3 Å². The van der Waals surface area contributed by atoms with E-state index in [1.807, 2.05) is 32.9 Å². The Morgan fingerprint density at radius 1 is 1.10 bits per heavy atom. The summed E-state index contributed by atoms with van der Waals surface area (Å²) < 4.78 is 5.36. The third kappa shape index (κ3) is 6.37. The zero-order valence-corrected chi connectivity index (χ0v) is 17.7. The number of H-pyrrole nitrogens is 1. The zero-order chi connectivity index (χ0) is 21.0. The maximum Gasteiger partial charge on any atom is 0.338 e. The summed E-state index contributed by atoms with van der Waals surface area (Å²) in [5, 5.41) is 14.1. The van der Waals surface area contributed by atoms with Crippen LogP contribution in [0.3, 0.4) is 0 Å². The highest BCUT2D eigenvalue weighted by Crippen LogP contribution is 2.24. The molecule has 9 heteroatoms. The highest BCUT2D eigenvalue weighted by molar-refractivity contribution is 6.35. The Morgan fingerprint density at radius 3 is 2.38 bits per heavy atom. The maximum absolute atomic E-state index is 12.1. The lowest BCUT2D eigenvalue weighted by Gasteiger charge is -2.19. The molecular weight excluding hydrogens is 413 g/mol. The number of carbonyl (C=O) groups is 1. The second-order valence-corrected chi connectivity index (χ2v) is 8.22. The van der Waals surface area contributed by atoms with Crippen LogP contribution in [0.5, 0.6) is 0 Å². The van der Waals surface area contributed by atoms with Crippen LogP contribution in [0.15, 0.2) is 42.5 Å². The molecule has 3 N–H and O–H groups in total.